The van der Waals surface area contributed by atoms with Crippen LogP contribution in [-0.2, 0) is 0 Å². The van der Waals surface area contributed by atoms with Gasteiger partial charge in [0.1, 0.15) is 5.75 Å². The minimum atomic E-state index is 0.291. The molecule has 2 nitrogen and oxygen atoms in total. The Morgan fingerprint density at radius 1 is 0.850 bits per heavy atom. The minimum absolute atomic E-state index is 0.291. The van der Waals surface area contributed by atoms with Crippen LogP contribution in [0.25, 0.3) is 0 Å². The van der Waals surface area contributed by atoms with Crippen LogP contribution in [0.1, 0.15) is 37.1 Å². The first-order chi connectivity index (χ1) is 9.60. The molecule has 2 atom stereocenters. The lowest BCUT2D eigenvalue weighted by molar-refractivity contribution is 0.414. The summed E-state index contributed by atoms with van der Waals surface area (Å²) in [5.41, 5.74) is 2.54. The van der Waals surface area contributed by atoms with E-state index in [4.69, 9.17) is 4.74 Å². The van der Waals surface area contributed by atoms with Gasteiger partial charge in [-0.2, -0.15) is 0 Å². The summed E-state index contributed by atoms with van der Waals surface area (Å²) in [7, 11) is 1.69. The third-order valence-corrected chi connectivity index (χ3v) is 4.01. The van der Waals surface area contributed by atoms with Gasteiger partial charge in [0.2, 0.25) is 0 Å². The lowest BCUT2D eigenvalue weighted by Gasteiger charge is -2.21. The van der Waals surface area contributed by atoms with Crippen LogP contribution in [0.15, 0.2) is 53.0 Å². The maximum absolute atomic E-state index is 5.19. The first-order valence-corrected chi connectivity index (χ1v) is 7.55. The molecule has 0 amide bonds. The lowest BCUT2D eigenvalue weighted by Crippen LogP contribution is -2.22. The predicted octanol–water partition coefficient (Wildman–Crippen LogP) is 4.87. The summed E-state index contributed by atoms with van der Waals surface area (Å²) in [6, 6.07) is 17.2. The SMILES string of the molecule is COc1ccc([C@H](C)NC(C)c2ccc(Br)cc2)cc1. The molecule has 0 saturated carbocycles. The second-order valence-electron chi connectivity index (χ2n) is 4.93. The Morgan fingerprint density at radius 2 is 1.30 bits per heavy atom. The maximum atomic E-state index is 5.19. The van der Waals surface area contributed by atoms with Gasteiger partial charge in [0.25, 0.3) is 0 Å². The van der Waals surface area contributed by atoms with Gasteiger partial charge in [-0.1, -0.05) is 40.2 Å². The molecule has 0 aliphatic carbocycles. The number of rotatable bonds is 5. The van der Waals surface area contributed by atoms with Crippen molar-refractivity contribution in [2.75, 3.05) is 7.11 Å². The summed E-state index contributed by atoms with van der Waals surface area (Å²) in [5, 5.41) is 3.61. The summed E-state index contributed by atoms with van der Waals surface area (Å²) < 4.78 is 6.29. The van der Waals surface area contributed by atoms with E-state index in [2.05, 4.69) is 71.5 Å². The Bertz CT molecular complexity index is 536. The van der Waals surface area contributed by atoms with Gasteiger partial charge in [-0.3, -0.25) is 0 Å². The molecule has 0 bridgehead atoms. The average molecular weight is 334 g/mol. The van der Waals surface area contributed by atoms with E-state index >= 15 is 0 Å². The fraction of sp³-hybridized carbons (Fsp3) is 0.294. The molecule has 2 aromatic carbocycles. The molecular formula is C17H20BrNO. The van der Waals surface area contributed by atoms with Crippen molar-refractivity contribution in [3.8, 4) is 5.75 Å². The zero-order valence-electron chi connectivity index (χ0n) is 12.1. The molecule has 0 saturated heterocycles. The van der Waals surface area contributed by atoms with Crippen LogP contribution in [0.5, 0.6) is 5.75 Å². The van der Waals surface area contributed by atoms with Crippen molar-refractivity contribution >= 4 is 15.9 Å². The van der Waals surface area contributed by atoms with E-state index in [1.165, 1.54) is 11.1 Å². The van der Waals surface area contributed by atoms with Crippen LogP contribution in [0.2, 0.25) is 0 Å². The van der Waals surface area contributed by atoms with Gasteiger partial charge in [-0.15, -0.1) is 0 Å². The summed E-state index contributed by atoms with van der Waals surface area (Å²) in [6.45, 7) is 4.36. The number of hydrogen-bond donors (Lipinski definition) is 1. The molecule has 0 spiro atoms. The van der Waals surface area contributed by atoms with Gasteiger partial charge in [0.15, 0.2) is 0 Å². The van der Waals surface area contributed by atoms with Gasteiger partial charge in [-0.05, 0) is 49.2 Å². The molecule has 1 unspecified atom stereocenters. The molecule has 0 aliphatic rings. The standard InChI is InChI=1S/C17H20BrNO/c1-12(14-4-8-16(18)9-5-14)19-13(2)15-6-10-17(20-3)11-7-15/h4-13,19H,1-3H3/t12?,13-/m0/s1. The molecule has 2 rings (SSSR count). The monoisotopic (exact) mass is 333 g/mol. The van der Waals surface area contributed by atoms with E-state index < -0.39 is 0 Å². The normalized spacial score (nSPS) is 13.8. The van der Waals surface area contributed by atoms with Crippen molar-refractivity contribution in [2.45, 2.75) is 25.9 Å². The highest BCUT2D eigenvalue weighted by molar-refractivity contribution is 9.10. The number of ether oxygens (including phenoxy) is 1. The van der Waals surface area contributed by atoms with Gasteiger partial charge in [0.05, 0.1) is 7.11 Å². The van der Waals surface area contributed by atoms with Crippen LogP contribution >= 0.6 is 15.9 Å². The van der Waals surface area contributed by atoms with Crippen molar-refractivity contribution in [3.05, 3.63) is 64.1 Å². The van der Waals surface area contributed by atoms with Crippen LogP contribution in [0.3, 0.4) is 0 Å². The molecule has 0 radical (unpaired) electrons. The smallest absolute Gasteiger partial charge is 0.118 e. The van der Waals surface area contributed by atoms with Gasteiger partial charge >= 0.3 is 0 Å². The van der Waals surface area contributed by atoms with Crippen LogP contribution < -0.4 is 10.1 Å². The molecule has 20 heavy (non-hydrogen) atoms. The molecule has 2 aromatic rings. The highest BCUT2D eigenvalue weighted by Crippen LogP contribution is 2.22. The number of methoxy groups -OCH3 is 1. The lowest BCUT2D eigenvalue weighted by atomic mass is 10.0. The molecule has 0 fully saturated rings. The zero-order valence-corrected chi connectivity index (χ0v) is 13.6. The number of nitrogens with one attached hydrogen (secondary N) is 1. The Balaban J connectivity index is 2.02. The van der Waals surface area contributed by atoms with E-state index in [0.29, 0.717) is 12.1 Å². The third kappa shape index (κ3) is 3.84. The Kier molecular flexibility index (Phi) is 5.21. The zero-order chi connectivity index (χ0) is 14.5. The fourth-order valence-corrected chi connectivity index (χ4v) is 2.48. The second kappa shape index (κ2) is 6.91. The van der Waals surface area contributed by atoms with Crippen LogP contribution in [-0.4, -0.2) is 7.11 Å². The first-order valence-electron chi connectivity index (χ1n) is 6.75. The van der Waals surface area contributed by atoms with Gasteiger partial charge < -0.3 is 10.1 Å². The Hall–Kier alpha value is -1.32. The third-order valence-electron chi connectivity index (χ3n) is 3.49. The fourth-order valence-electron chi connectivity index (χ4n) is 2.21. The molecule has 3 heteroatoms. The van der Waals surface area contributed by atoms with Crippen LogP contribution in [0, 0.1) is 0 Å². The molecule has 106 valence electrons. The number of benzene rings is 2. The number of hydrogen-bond acceptors (Lipinski definition) is 2. The highest BCUT2D eigenvalue weighted by atomic mass is 79.9. The second-order valence-corrected chi connectivity index (χ2v) is 5.85. The highest BCUT2D eigenvalue weighted by Gasteiger charge is 2.11. The Labute approximate surface area is 129 Å². The van der Waals surface area contributed by atoms with Gasteiger partial charge in [-0.25, -0.2) is 0 Å². The molecular weight excluding hydrogens is 314 g/mol. The van der Waals surface area contributed by atoms with E-state index in [0.717, 1.165) is 10.2 Å². The summed E-state index contributed by atoms with van der Waals surface area (Å²) in [4.78, 5) is 0. The average Bonchev–Trinajstić information content (AvgIpc) is 2.48. The molecule has 0 aliphatic heterocycles. The van der Waals surface area contributed by atoms with Crippen molar-refractivity contribution < 1.29 is 4.74 Å². The number of halogens is 1. The Morgan fingerprint density at radius 3 is 1.75 bits per heavy atom. The quantitative estimate of drug-likeness (QED) is 0.842. The topological polar surface area (TPSA) is 21.3 Å². The largest absolute Gasteiger partial charge is 0.497 e. The summed E-state index contributed by atoms with van der Waals surface area (Å²) in [6.07, 6.45) is 0. The first kappa shape index (κ1) is 15.1. The van der Waals surface area contributed by atoms with E-state index in [1.54, 1.807) is 7.11 Å². The van der Waals surface area contributed by atoms with E-state index in [1.807, 2.05) is 12.1 Å². The maximum Gasteiger partial charge on any atom is 0.118 e. The van der Waals surface area contributed by atoms with E-state index in [9.17, 15) is 0 Å². The van der Waals surface area contributed by atoms with Crippen LogP contribution in [0.4, 0.5) is 0 Å². The minimum Gasteiger partial charge on any atom is -0.497 e. The molecule has 0 aromatic heterocycles. The van der Waals surface area contributed by atoms with Crippen molar-refractivity contribution in [2.24, 2.45) is 0 Å². The predicted molar refractivity (Wildman–Crippen MR) is 87.1 cm³/mol. The molecule has 0 heterocycles. The van der Waals surface area contributed by atoms with E-state index in [-0.39, 0.29) is 0 Å². The van der Waals surface area contributed by atoms with Gasteiger partial charge in [0, 0.05) is 16.6 Å². The summed E-state index contributed by atoms with van der Waals surface area (Å²) >= 11 is 3.46. The van der Waals surface area contributed by atoms with Crippen molar-refractivity contribution in [1.82, 2.24) is 5.32 Å². The molecule has 1 N–H and O–H groups in total. The van der Waals surface area contributed by atoms with Crippen molar-refractivity contribution in [1.29, 1.82) is 0 Å². The van der Waals surface area contributed by atoms with Crippen molar-refractivity contribution in [3.63, 3.8) is 0 Å². The summed E-state index contributed by atoms with van der Waals surface area (Å²) in [5.74, 6) is 0.891.